The van der Waals surface area contributed by atoms with Gasteiger partial charge in [0.25, 0.3) is 5.91 Å². The van der Waals surface area contributed by atoms with E-state index in [1.807, 2.05) is 86.1 Å². The molecule has 7 nitrogen and oxygen atoms in total. The average molecular weight is 748 g/mol. The molecule has 1 saturated heterocycles. The highest BCUT2D eigenvalue weighted by atomic mass is 35.5. The summed E-state index contributed by atoms with van der Waals surface area (Å²) >= 11 is 12.9. The van der Waals surface area contributed by atoms with Crippen molar-refractivity contribution in [3.63, 3.8) is 0 Å². The summed E-state index contributed by atoms with van der Waals surface area (Å²) < 4.78 is 0. The third-order valence-corrected chi connectivity index (χ3v) is 11.6. The van der Waals surface area contributed by atoms with Gasteiger partial charge in [-0.25, -0.2) is 4.98 Å². The zero-order valence-corrected chi connectivity index (χ0v) is 32.4. The van der Waals surface area contributed by atoms with E-state index in [1.54, 1.807) is 0 Å². The van der Waals surface area contributed by atoms with Crippen LogP contribution >= 0.6 is 23.2 Å². The highest BCUT2D eigenvalue weighted by Crippen LogP contribution is 2.42. The molecule has 2 N–H and O–H groups in total. The summed E-state index contributed by atoms with van der Waals surface area (Å²) in [7, 11) is 0. The minimum absolute atomic E-state index is 0.147. The normalized spacial score (nSPS) is 16.7. The molecule has 1 aliphatic carbocycles. The van der Waals surface area contributed by atoms with Crippen LogP contribution < -0.4 is 10.2 Å². The number of amides is 1. The van der Waals surface area contributed by atoms with Gasteiger partial charge in [0, 0.05) is 64.9 Å². The molecule has 5 aromatic rings. The highest BCUT2D eigenvalue weighted by Gasteiger charge is 2.31. The smallest absolute Gasteiger partial charge is 0.272 e. The van der Waals surface area contributed by atoms with Crippen LogP contribution in [0.2, 0.25) is 10.0 Å². The Balaban J connectivity index is 1.31. The fraction of sp³-hybridized carbons (Fsp3) is 0.318. The van der Waals surface area contributed by atoms with Crippen molar-refractivity contribution in [1.82, 2.24) is 19.8 Å². The minimum atomic E-state index is -0.257. The first kappa shape index (κ1) is 36.8. The maximum atomic E-state index is 14.9. The first-order valence-electron chi connectivity index (χ1n) is 18.7. The Labute approximate surface area is 323 Å². The Hall–Kier alpha value is -4.56. The maximum absolute atomic E-state index is 14.9. The van der Waals surface area contributed by atoms with Crippen molar-refractivity contribution < 1.29 is 4.79 Å². The van der Waals surface area contributed by atoms with E-state index in [0.29, 0.717) is 21.8 Å². The van der Waals surface area contributed by atoms with Crippen molar-refractivity contribution >= 4 is 62.8 Å². The number of aromatic amines is 1. The van der Waals surface area contributed by atoms with Gasteiger partial charge >= 0.3 is 0 Å². The maximum Gasteiger partial charge on any atom is 0.272 e. The number of carbonyl (C=O) groups excluding carboxylic acids is 1. The summed E-state index contributed by atoms with van der Waals surface area (Å²) in [6, 6.07) is 26.3. The number of aromatic nitrogens is 2. The van der Waals surface area contributed by atoms with E-state index in [2.05, 4.69) is 57.6 Å². The van der Waals surface area contributed by atoms with Crippen LogP contribution in [0.15, 0.2) is 97.8 Å². The molecule has 1 aliphatic heterocycles. The predicted octanol–water partition coefficient (Wildman–Crippen LogP) is 11.0. The number of carbonyl (C=O) groups is 1. The first-order valence-corrected chi connectivity index (χ1v) is 19.5. The van der Waals surface area contributed by atoms with Gasteiger partial charge in [-0.05, 0) is 92.4 Å². The standard InChI is InChI=1S/C44H48Cl2N6O/c1-5-52(31(4)33-16-18-34(45)19-17-33)42(30(3)32-12-8-6-9-13-32)39-37-21-20-35(46)28-38(37)48-41(39)44(53)49-40-29(2)22-23-47-43(40)51-26-24-50(25-27-51)36-14-10-7-11-15-36/h5-6,8-9,12-13,16-23,28,31,36,48H,1,7,10-11,14-15,24-27H2,2-4H3,(H,49,53)/b42-30+. The Morgan fingerprint density at radius 3 is 2.36 bits per heavy atom. The molecule has 2 aromatic heterocycles. The molecule has 1 atom stereocenters. The minimum Gasteiger partial charge on any atom is -0.352 e. The molecule has 274 valence electrons. The summed E-state index contributed by atoms with van der Waals surface area (Å²) in [4.78, 5) is 30.3. The number of nitrogens with one attached hydrogen (secondary N) is 2. The lowest BCUT2D eigenvalue weighted by Crippen LogP contribution is -2.51. The van der Waals surface area contributed by atoms with Gasteiger partial charge in [0.05, 0.1) is 17.4 Å². The number of hydrogen-bond donors (Lipinski definition) is 2. The van der Waals surface area contributed by atoms with Gasteiger partial charge in [-0.3, -0.25) is 9.69 Å². The average Bonchev–Trinajstić information content (AvgIpc) is 3.56. The third kappa shape index (κ3) is 7.75. The van der Waals surface area contributed by atoms with Crippen molar-refractivity contribution in [2.24, 2.45) is 0 Å². The van der Waals surface area contributed by atoms with Gasteiger partial charge < -0.3 is 20.1 Å². The topological polar surface area (TPSA) is 67.5 Å². The predicted molar refractivity (Wildman–Crippen MR) is 222 cm³/mol. The molecule has 2 fully saturated rings. The molecular formula is C44H48Cl2N6O. The SMILES string of the molecule is C=CN(/C(=C(\C)c1ccccc1)c1c(C(=O)Nc2c(C)ccnc2N2CCN(C3CCCCC3)CC2)[nH]c2cc(Cl)ccc12)C(C)c1ccc(Cl)cc1. The summed E-state index contributed by atoms with van der Waals surface area (Å²) in [6.45, 7) is 14.3. The van der Waals surface area contributed by atoms with Gasteiger partial charge in [-0.1, -0.05) is 97.6 Å². The second-order valence-electron chi connectivity index (χ2n) is 14.3. The molecule has 53 heavy (non-hydrogen) atoms. The molecule has 9 heteroatoms. The van der Waals surface area contributed by atoms with Crippen molar-refractivity contribution in [2.75, 3.05) is 36.4 Å². The highest BCUT2D eigenvalue weighted by molar-refractivity contribution is 6.31. The lowest BCUT2D eigenvalue weighted by Gasteiger charge is -2.41. The number of rotatable bonds is 10. The van der Waals surface area contributed by atoms with Gasteiger partial charge in [0.1, 0.15) is 5.69 Å². The Morgan fingerprint density at radius 2 is 1.66 bits per heavy atom. The largest absolute Gasteiger partial charge is 0.352 e. The number of hydrogen-bond acceptors (Lipinski definition) is 5. The van der Waals surface area contributed by atoms with Crippen LogP contribution in [0.4, 0.5) is 11.5 Å². The Kier molecular flexibility index (Phi) is 11.3. The number of benzene rings is 3. The molecule has 1 unspecified atom stereocenters. The third-order valence-electron chi connectivity index (χ3n) is 11.1. The number of aryl methyl sites for hydroxylation is 1. The molecule has 1 amide bonds. The summed E-state index contributed by atoms with van der Waals surface area (Å²) in [5, 5.41) is 5.47. The van der Waals surface area contributed by atoms with E-state index < -0.39 is 0 Å². The van der Waals surface area contributed by atoms with E-state index in [4.69, 9.17) is 28.2 Å². The van der Waals surface area contributed by atoms with Crippen molar-refractivity contribution in [3.05, 3.63) is 136 Å². The number of halogens is 2. The molecule has 2 aliphatic rings. The number of piperazine rings is 1. The number of H-pyrrole nitrogens is 1. The lowest BCUT2D eigenvalue weighted by molar-refractivity contribution is 0.102. The molecule has 7 rings (SSSR count). The van der Waals surface area contributed by atoms with Gasteiger partial charge in [-0.15, -0.1) is 0 Å². The van der Waals surface area contributed by atoms with E-state index in [0.717, 1.165) is 82.1 Å². The van der Waals surface area contributed by atoms with Gasteiger partial charge in [-0.2, -0.15) is 0 Å². The number of nitrogens with zero attached hydrogens (tertiary/aromatic N) is 4. The quantitative estimate of drug-likeness (QED) is 0.149. The van der Waals surface area contributed by atoms with E-state index in [9.17, 15) is 4.79 Å². The van der Waals surface area contributed by atoms with Crippen LogP contribution in [-0.4, -0.2) is 57.9 Å². The van der Waals surface area contributed by atoms with E-state index in [1.165, 1.54) is 32.1 Å². The van der Waals surface area contributed by atoms with Crippen molar-refractivity contribution in [2.45, 2.75) is 65.0 Å². The lowest BCUT2D eigenvalue weighted by atomic mass is 9.94. The second kappa shape index (κ2) is 16.2. The van der Waals surface area contributed by atoms with Crippen molar-refractivity contribution in [1.29, 1.82) is 0 Å². The van der Waals surface area contributed by atoms with Crippen LogP contribution in [0.1, 0.15) is 84.7 Å². The molecule has 0 spiro atoms. The number of allylic oxidation sites excluding steroid dienone is 1. The van der Waals surface area contributed by atoms with Gasteiger partial charge in [0.2, 0.25) is 0 Å². The fourth-order valence-corrected chi connectivity index (χ4v) is 8.42. The number of pyridine rings is 1. The molecule has 0 radical (unpaired) electrons. The van der Waals surface area contributed by atoms with Crippen LogP contribution in [0, 0.1) is 6.92 Å². The van der Waals surface area contributed by atoms with Crippen LogP contribution in [0.3, 0.4) is 0 Å². The van der Waals surface area contributed by atoms with Crippen molar-refractivity contribution in [3.8, 4) is 0 Å². The van der Waals surface area contributed by atoms with Crippen LogP contribution in [0.5, 0.6) is 0 Å². The Morgan fingerprint density at radius 1 is 0.962 bits per heavy atom. The van der Waals surface area contributed by atoms with E-state index >= 15 is 0 Å². The molecular weight excluding hydrogens is 699 g/mol. The fourth-order valence-electron chi connectivity index (χ4n) is 8.13. The van der Waals surface area contributed by atoms with E-state index in [-0.39, 0.29) is 11.9 Å². The van der Waals surface area contributed by atoms with Crippen LogP contribution in [-0.2, 0) is 0 Å². The molecule has 0 bridgehead atoms. The molecule has 3 aromatic carbocycles. The molecule has 3 heterocycles. The monoisotopic (exact) mass is 746 g/mol. The summed E-state index contributed by atoms with van der Waals surface area (Å²) in [5.74, 6) is 0.551. The molecule has 1 saturated carbocycles. The summed E-state index contributed by atoms with van der Waals surface area (Å²) in [5.41, 5.74) is 7.58. The Bertz CT molecular complexity index is 2110. The zero-order chi connectivity index (χ0) is 37.1. The zero-order valence-electron chi connectivity index (χ0n) is 30.8. The number of fused-ring (bicyclic) bond motifs is 1. The van der Waals surface area contributed by atoms with Crippen LogP contribution in [0.25, 0.3) is 22.2 Å². The second-order valence-corrected chi connectivity index (χ2v) is 15.2. The summed E-state index contributed by atoms with van der Waals surface area (Å²) in [6.07, 6.45) is 10.3. The first-order chi connectivity index (χ1) is 25.7. The van der Waals surface area contributed by atoms with Gasteiger partial charge in [0.15, 0.2) is 5.82 Å². The number of anilines is 2.